The third-order valence-corrected chi connectivity index (χ3v) is 2.09. The van der Waals surface area contributed by atoms with Gasteiger partial charge in [-0.15, -0.1) is 0 Å². The Bertz CT molecular complexity index is 381. The predicted octanol–water partition coefficient (Wildman–Crippen LogP) is 3.34. The number of carbonyl (C=O) groups excluding carboxylic acids is 2. The molecule has 3 heteroatoms. The van der Waals surface area contributed by atoms with Crippen molar-refractivity contribution < 1.29 is 14.3 Å². The van der Waals surface area contributed by atoms with Crippen LogP contribution in [-0.2, 0) is 4.74 Å². The van der Waals surface area contributed by atoms with E-state index in [2.05, 4.69) is 4.74 Å². The zero-order chi connectivity index (χ0) is 13.4. The lowest BCUT2D eigenvalue weighted by Gasteiger charge is -2.05. The molecule has 0 N–H and O–H groups in total. The van der Waals surface area contributed by atoms with Gasteiger partial charge in [0.1, 0.15) is 0 Å². The maximum atomic E-state index is 11.7. The number of benzene rings is 1. The van der Waals surface area contributed by atoms with Gasteiger partial charge in [-0.25, -0.2) is 4.79 Å². The van der Waals surface area contributed by atoms with E-state index in [1.165, 1.54) is 7.11 Å². The summed E-state index contributed by atoms with van der Waals surface area (Å²) in [7, 11) is 1.32. The second-order valence-electron chi connectivity index (χ2n) is 3.59. The van der Waals surface area contributed by atoms with Crippen LogP contribution in [0.15, 0.2) is 24.3 Å². The van der Waals surface area contributed by atoms with Gasteiger partial charge in [0.2, 0.25) is 0 Å². The van der Waals surface area contributed by atoms with Gasteiger partial charge in [-0.3, -0.25) is 4.79 Å². The quantitative estimate of drug-likeness (QED) is 0.597. The molecule has 0 fully saturated rings. The van der Waals surface area contributed by atoms with Crippen molar-refractivity contribution in [2.45, 2.75) is 27.7 Å². The molecule has 0 atom stereocenters. The number of ketones is 1. The Balaban J connectivity index is 0.00000121. The SMILES string of the molecule is CC.COC(=O)c1cccc(C(=O)C(C)C)c1. The summed E-state index contributed by atoms with van der Waals surface area (Å²) in [5.74, 6) is -0.466. The number of Topliss-reactive ketones (excluding diaryl/α,β-unsaturated/α-hetero) is 1. The number of carbonyl (C=O) groups is 2. The third kappa shape index (κ3) is 4.39. The predicted molar refractivity (Wildman–Crippen MR) is 68.3 cm³/mol. The van der Waals surface area contributed by atoms with Crippen LogP contribution in [0.3, 0.4) is 0 Å². The van der Waals surface area contributed by atoms with Crippen molar-refractivity contribution in [1.29, 1.82) is 0 Å². The smallest absolute Gasteiger partial charge is 0.337 e. The number of ether oxygens (including phenoxy) is 1. The lowest BCUT2D eigenvalue weighted by Crippen LogP contribution is -2.09. The molecule has 0 saturated carbocycles. The lowest BCUT2D eigenvalue weighted by atomic mass is 9.99. The number of hydrogen-bond acceptors (Lipinski definition) is 3. The van der Waals surface area contributed by atoms with Crippen LogP contribution in [0.2, 0.25) is 0 Å². The van der Waals surface area contributed by atoms with Crippen LogP contribution in [0, 0.1) is 5.92 Å². The summed E-state index contributed by atoms with van der Waals surface area (Å²) in [4.78, 5) is 22.9. The summed E-state index contributed by atoms with van der Waals surface area (Å²) in [6, 6.07) is 6.58. The first-order valence-corrected chi connectivity index (χ1v) is 5.79. The molecule has 3 nitrogen and oxygen atoms in total. The Morgan fingerprint density at radius 1 is 1.12 bits per heavy atom. The second-order valence-corrected chi connectivity index (χ2v) is 3.59. The average Bonchev–Trinajstić information content (AvgIpc) is 2.39. The molecule has 1 aromatic rings. The minimum absolute atomic E-state index is 0.0285. The first kappa shape index (κ1) is 15.4. The van der Waals surface area contributed by atoms with E-state index in [0.29, 0.717) is 11.1 Å². The van der Waals surface area contributed by atoms with Crippen molar-refractivity contribution in [3.05, 3.63) is 35.4 Å². The highest BCUT2D eigenvalue weighted by Crippen LogP contribution is 2.11. The molecular weight excluding hydrogens is 216 g/mol. The molecule has 94 valence electrons. The molecule has 0 aliphatic heterocycles. The van der Waals surface area contributed by atoms with Gasteiger partial charge in [0.05, 0.1) is 12.7 Å². The summed E-state index contributed by atoms with van der Waals surface area (Å²) < 4.78 is 4.58. The molecule has 0 bridgehead atoms. The molecule has 1 aromatic carbocycles. The fourth-order valence-corrected chi connectivity index (χ4v) is 1.25. The van der Waals surface area contributed by atoms with Crippen LogP contribution in [0.1, 0.15) is 48.4 Å². The van der Waals surface area contributed by atoms with Crippen LogP contribution >= 0.6 is 0 Å². The monoisotopic (exact) mass is 236 g/mol. The Labute approximate surface area is 103 Å². The molecule has 0 unspecified atom stereocenters. The van der Waals surface area contributed by atoms with Crippen molar-refractivity contribution in [2.24, 2.45) is 5.92 Å². The standard InChI is InChI=1S/C12H14O3.C2H6/c1-8(2)11(13)9-5-4-6-10(7-9)12(14)15-3;1-2/h4-8H,1-3H3;1-2H3. The summed E-state index contributed by atoms with van der Waals surface area (Å²) in [6.45, 7) is 7.65. The fraction of sp³-hybridized carbons (Fsp3) is 0.429. The van der Waals surface area contributed by atoms with E-state index in [0.717, 1.165) is 0 Å². The highest BCUT2D eigenvalue weighted by molar-refractivity contribution is 6.00. The van der Waals surface area contributed by atoms with E-state index in [4.69, 9.17) is 0 Å². The molecule has 0 heterocycles. The number of methoxy groups -OCH3 is 1. The number of hydrogen-bond donors (Lipinski definition) is 0. The van der Waals surface area contributed by atoms with Gasteiger partial charge in [0, 0.05) is 11.5 Å². The van der Waals surface area contributed by atoms with Gasteiger partial charge in [0.25, 0.3) is 0 Å². The van der Waals surface area contributed by atoms with Crippen LogP contribution in [0.4, 0.5) is 0 Å². The summed E-state index contributed by atoms with van der Waals surface area (Å²) in [5, 5.41) is 0. The van der Waals surface area contributed by atoms with Gasteiger partial charge >= 0.3 is 5.97 Å². The minimum Gasteiger partial charge on any atom is -0.465 e. The van der Waals surface area contributed by atoms with Crippen LogP contribution in [0.25, 0.3) is 0 Å². The van der Waals surface area contributed by atoms with Crippen LogP contribution in [0.5, 0.6) is 0 Å². The highest BCUT2D eigenvalue weighted by Gasteiger charge is 2.12. The van der Waals surface area contributed by atoms with Gasteiger partial charge in [-0.2, -0.15) is 0 Å². The zero-order valence-corrected chi connectivity index (χ0v) is 11.1. The molecule has 0 spiro atoms. The van der Waals surface area contributed by atoms with E-state index < -0.39 is 5.97 Å². The molecule has 0 aliphatic rings. The Morgan fingerprint density at radius 2 is 1.65 bits per heavy atom. The molecule has 1 rings (SSSR count). The summed E-state index contributed by atoms with van der Waals surface area (Å²) in [6.07, 6.45) is 0. The van der Waals surface area contributed by atoms with Gasteiger partial charge in [-0.05, 0) is 12.1 Å². The largest absolute Gasteiger partial charge is 0.465 e. The normalized spacial score (nSPS) is 9.29. The van der Waals surface area contributed by atoms with Gasteiger partial charge < -0.3 is 4.74 Å². The number of rotatable bonds is 3. The first-order valence-electron chi connectivity index (χ1n) is 5.79. The van der Waals surface area contributed by atoms with Crippen molar-refractivity contribution in [2.75, 3.05) is 7.11 Å². The Kier molecular flexibility index (Phi) is 6.87. The average molecular weight is 236 g/mol. The van der Waals surface area contributed by atoms with E-state index in [-0.39, 0.29) is 11.7 Å². The van der Waals surface area contributed by atoms with Gasteiger partial charge in [-0.1, -0.05) is 39.8 Å². The summed E-state index contributed by atoms with van der Waals surface area (Å²) >= 11 is 0. The van der Waals surface area contributed by atoms with Crippen molar-refractivity contribution in [3.63, 3.8) is 0 Å². The Morgan fingerprint density at radius 3 is 2.12 bits per heavy atom. The topological polar surface area (TPSA) is 43.4 Å². The van der Waals surface area contributed by atoms with E-state index in [1.54, 1.807) is 24.3 Å². The zero-order valence-electron chi connectivity index (χ0n) is 11.1. The molecule has 0 aromatic heterocycles. The van der Waals surface area contributed by atoms with Crippen molar-refractivity contribution >= 4 is 11.8 Å². The first-order chi connectivity index (χ1) is 8.06. The lowest BCUT2D eigenvalue weighted by molar-refractivity contribution is 0.0600. The minimum atomic E-state index is -0.423. The molecule has 0 aliphatic carbocycles. The highest BCUT2D eigenvalue weighted by atomic mass is 16.5. The molecule has 0 saturated heterocycles. The van der Waals surface area contributed by atoms with E-state index >= 15 is 0 Å². The maximum Gasteiger partial charge on any atom is 0.337 e. The molecular formula is C14H20O3. The van der Waals surface area contributed by atoms with Crippen LogP contribution in [-0.4, -0.2) is 18.9 Å². The maximum absolute atomic E-state index is 11.7. The van der Waals surface area contributed by atoms with E-state index in [9.17, 15) is 9.59 Å². The van der Waals surface area contributed by atoms with Gasteiger partial charge in [0.15, 0.2) is 5.78 Å². The van der Waals surface area contributed by atoms with Crippen molar-refractivity contribution in [1.82, 2.24) is 0 Å². The fourth-order valence-electron chi connectivity index (χ4n) is 1.25. The second kappa shape index (κ2) is 7.60. The number of esters is 1. The third-order valence-electron chi connectivity index (χ3n) is 2.09. The molecule has 0 amide bonds. The summed E-state index contributed by atoms with van der Waals surface area (Å²) in [5.41, 5.74) is 0.955. The molecule has 17 heavy (non-hydrogen) atoms. The molecule has 0 radical (unpaired) electrons. The van der Waals surface area contributed by atoms with E-state index in [1.807, 2.05) is 27.7 Å². The Hall–Kier alpha value is -1.64. The van der Waals surface area contributed by atoms with Crippen LogP contribution < -0.4 is 0 Å². The van der Waals surface area contributed by atoms with Crippen molar-refractivity contribution in [3.8, 4) is 0 Å².